The molecule has 1 heterocycles. The molecule has 1 atom stereocenters. The van der Waals surface area contributed by atoms with Gasteiger partial charge in [0.25, 0.3) is 5.91 Å². The molecule has 1 fully saturated rings. The van der Waals surface area contributed by atoms with E-state index in [0.717, 1.165) is 11.3 Å². The summed E-state index contributed by atoms with van der Waals surface area (Å²) >= 11 is 0. The molecule has 8 heteroatoms. The van der Waals surface area contributed by atoms with Crippen LogP contribution in [0.25, 0.3) is 0 Å². The normalized spacial score (nSPS) is 14.9. The lowest BCUT2D eigenvalue weighted by atomic mass is 10.1. The van der Waals surface area contributed by atoms with Gasteiger partial charge in [0, 0.05) is 18.7 Å². The van der Waals surface area contributed by atoms with Crippen LogP contribution >= 0.6 is 0 Å². The van der Waals surface area contributed by atoms with Crippen LogP contribution in [-0.2, 0) is 19.1 Å². The van der Waals surface area contributed by atoms with Crippen LogP contribution in [0.5, 0.6) is 17.2 Å². The fourth-order valence-electron chi connectivity index (χ4n) is 3.91. The van der Waals surface area contributed by atoms with Crippen molar-refractivity contribution < 1.29 is 28.6 Å². The van der Waals surface area contributed by atoms with Gasteiger partial charge < -0.3 is 24.4 Å². The summed E-state index contributed by atoms with van der Waals surface area (Å²) in [6, 6.07) is 19.9. The van der Waals surface area contributed by atoms with E-state index in [-0.39, 0.29) is 18.9 Å². The standard InChI is InChI=1S/C28H28N2O6/c1-18-8-11-23(14-19(18)2)36-22-12-9-21(10-13-22)30-16-20(15-27(30)32)28(33)35-17-26(31)29-24-6-4-5-7-25(24)34-3/h4-14,20H,15-17H2,1-3H3,(H,29,31)/t20-/m0/s1. The summed E-state index contributed by atoms with van der Waals surface area (Å²) < 4.78 is 16.3. The number of benzene rings is 3. The molecule has 0 spiro atoms. The lowest BCUT2D eigenvalue weighted by Crippen LogP contribution is -2.28. The van der Waals surface area contributed by atoms with Gasteiger partial charge in [0.05, 0.1) is 18.7 Å². The minimum Gasteiger partial charge on any atom is -0.495 e. The van der Waals surface area contributed by atoms with E-state index >= 15 is 0 Å². The van der Waals surface area contributed by atoms with Crippen LogP contribution in [0.3, 0.4) is 0 Å². The molecule has 1 aliphatic rings. The number of hydrogen-bond donors (Lipinski definition) is 1. The van der Waals surface area contributed by atoms with E-state index in [1.165, 1.54) is 12.7 Å². The summed E-state index contributed by atoms with van der Waals surface area (Å²) in [6.45, 7) is 3.80. The first kappa shape index (κ1) is 24.8. The topological polar surface area (TPSA) is 94.2 Å². The number of carbonyl (C=O) groups excluding carboxylic acids is 3. The van der Waals surface area contributed by atoms with Gasteiger partial charge in [-0.2, -0.15) is 0 Å². The molecule has 4 rings (SSSR count). The van der Waals surface area contributed by atoms with Crippen LogP contribution in [-0.4, -0.2) is 38.0 Å². The summed E-state index contributed by atoms with van der Waals surface area (Å²) in [5.74, 6) is -0.0312. The van der Waals surface area contributed by atoms with Gasteiger partial charge in [-0.3, -0.25) is 14.4 Å². The van der Waals surface area contributed by atoms with Gasteiger partial charge in [-0.15, -0.1) is 0 Å². The highest BCUT2D eigenvalue weighted by molar-refractivity contribution is 6.00. The molecule has 186 valence electrons. The van der Waals surface area contributed by atoms with Crippen LogP contribution in [0.1, 0.15) is 17.5 Å². The summed E-state index contributed by atoms with van der Waals surface area (Å²) in [7, 11) is 1.50. The summed E-state index contributed by atoms with van der Waals surface area (Å²) in [4.78, 5) is 38.9. The Morgan fingerprint density at radius 2 is 1.69 bits per heavy atom. The number of rotatable bonds is 8. The maximum atomic E-state index is 12.6. The van der Waals surface area contributed by atoms with Gasteiger partial charge in [-0.05, 0) is 73.5 Å². The average Bonchev–Trinajstić information content (AvgIpc) is 3.27. The first-order valence-electron chi connectivity index (χ1n) is 11.6. The van der Waals surface area contributed by atoms with Crippen molar-refractivity contribution in [1.82, 2.24) is 0 Å². The van der Waals surface area contributed by atoms with Crippen LogP contribution in [0.15, 0.2) is 66.7 Å². The Balaban J connectivity index is 1.30. The first-order valence-corrected chi connectivity index (χ1v) is 11.6. The molecule has 0 radical (unpaired) electrons. The number of nitrogens with one attached hydrogen (secondary N) is 1. The predicted molar refractivity (Wildman–Crippen MR) is 135 cm³/mol. The average molecular weight is 489 g/mol. The Kier molecular flexibility index (Phi) is 7.53. The predicted octanol–water partition coefficient (Wildman–Crippen LogP) is 4.64. The van der Waals surface area contributed by atoms with E-state index in [4.69, 9.17) is 14.2 Å². The molecule has 2 amide bonds. The van der Waals surface area contributed by atoms with E-state index < -0.39 is 24.4 Å². The Morgan fingerprint density at radius 1 is 0.972 bits per heavy atom. The number of hydrogen-bond acceptors (Lipinski definition) is 6. The molecule has 1 N–H and O–H groups in total. The lowest BCUT2D eigenvalue weighted by molar-refractivity contribution is -0.151. The molecule has 1 aliphatic heterocycles. The van der Waals surface area contributed by atoms with Crippen molar-refractivity contribution in [3.8, 4) is 17.2 Å². The molecule has 0 bridgehead atoms. The van der Waals surface area contributed by atoms with E-state index in [9.17, 15) is 14.4 Å². The quantitative estimate of drug-likeness (QED) is 0.465. The van der Waals surface area contributed by atoms with Crippen LogP contribution in [0.4, 0.5) is 11.4 Å². The van der Waals surface area contributed by atoms with Crippen LogP contribution < -0.4 is 19.7 Å². The molecule has 36 heavy (non-hydrogen) atoms. The summed E-state index contributed by atoms with van der Waals surface area (Å²) in [5, 5.41) is 2.65. The Labute approximate surface area is 209 Å². The largest absolute Gasteiger partial charge is 0.495 e. The van der Waals surface area contributed by atoms with E-state index in [1.54, 1.807) is 53.4 Å². The molecule has 1 saturated heterocycles. The number of ether oxygens (including phenoxy) is 3. The van der Waals surface area contributed by atoms with Crippen molar-refractivity contribution in [1.29, 1.82) is 0 Å². The number of anilines is 2. The van der Waals surface area contributed by atoms with E-state index in [0.29, 0.717) is 22.9 Å². The maximum absolute atomic E-state index is 12.6. The van der Waals surface area contributed by atoms with Gasteiger partial charge in [0.15, 0.2) is 6.61 Å². The lowest BCUT2D eigenvalue weighted by Gasteiger charge is -2.17. The molecule has 0 saturated carbocycles. The van der Waals surface area contributed by atoms with E-state index in [1.807, 2.05) is 32.0 Å². The zero-order chi connectivity index (χ0) is 25.7. The Hall–Kier alpha value is -4.33. The second kappa shape index (κ2) is 10.9. The number of carbonyl (C=O) groups is 3. The van der Waals surface area contributed by atoms with Gasteiger partial charge in [0.1, 0.15) is 17.2 Å². The molecule has 0 aliphatic carbocycles. The number of esters is 1. The third-order valence-electron chi connectivity index (χ3n) is 6.05. The third-order valence-corrected chi connectivity index (χ3v) is 6.05. The second-order valence-electron chi connectivity index (χ2n) is 8.60. The van der Waals surface area contributed by atoms with Crippen molar-refractivity contribution in [3.05, 3.63) is 77.9 Å². The molecule has 3 aromatic rings. The van der Waals surface area contributed by atoms with Crippen LogP contribution in [0, 0.1) is 19.8 Å². The summed E-state index contributed by atoms with van der Waals surface area (Å²) in [5.41, 5.74) is 3.47. The molecule has 8 nitrogen and oxygen atoms in total. The highest BCUT2D eigenvalue weighted by Crippen LogP contribution is 2.30. The van der Waals surface area contributed by atoms with Gasteiger partial charge >= 0.3 is 5.97 Å². The molecular formula is C28H28N2O6. The van der Waals surface area contributed by atoms with Crippen molar-refractivity contribution in [2.45, 2.75) is 20.3 Å². The number of methoxy groups -OCH3 is 1. The smallest absolute Gasteiger partial charge is 0.311 e. The van der Waals surface area contributed by atoms with Gasteiger partial charge in [0.2, 0.25) is 5.91 Å². The minimum absolute atomic E-state index is 0.0217. The number of aryl methyl sites for hydroxylation is 2. The van der Waals surface area contributed by atoms with Gasteiger partial charge in [-0.1, -0.05) is 18.2 Å². The Bertz CT molecular complexity index is 1270. The van der Waals surface area contributed by atoms with Crippen LogP contribution in [0.2, 0.25) is 0 Å². The van der Waals surface area contributed by atoms with Gasteiger partial charge in [-0.25, -0.2) is 0 Å². The molecule has 0 unspecified atom stereocenters. The van der Waals surface area contributed by atoms with Crippen molar-refractivity contribution in [2.75, 3.05) is 30.5 Å². The second-order valence-corrected chi connectivity index (χ2v) is 8.60. The highest BCUT2D eigenvalue weighted by Gasteiger charge is 2.36. The monoisotopic (exact) mass is 488 g/mol. The maximum Gasteiger partial charge on any atom is 0.311 e. The van der Waals surface area contributed by atoms with Crippen molar-refractivity contribution in [2.24, 2.45) is 5.92 Å². The number of para-hydroxylation sites is 2. The highest BCUT2D eigenvalue weighted by atomic mass is 16.5. The number of nitrogens with zero attached hydrogens (tertiary/aromatic N) is 1. The summed E-state index contributed by atoms with van der Waals surface area (Å²) in [6.07, 6.45) is 0.0217. The Morgan fingerprint density at radius 3 is 2.42 bits per heavy atom. The van der Waals surface area contributed by atoms with Crippen molar-refractivity contribution in [3.63, 3.8) is 0 Å². The fourth-order valence-corrected chi connectivity index (χ4v) is 3.91. The first-order chi connectivity index (χ1) is 17.3. The molecular weight excluding hydrogens is 460 g/mol. The molecule has 0 aromatic heterocycles. The number of amides is 2. The van der Waals surface area contributed by atoms with Crippen molar-refractivity contribution >= 4 is 29.2 Å². The minimum atomic E-state index is -0.650. The van der Waals surface area contributed by atoms with E-state index in [2.05, 4.69) is 5.32 Å². The SMILES string of the molecule is COc1ccccc1NC(=O)COC(=O)[C@H]1CC(=O)N(c2ccc(Oc3ccc(C)c(C)c3)cc2)C1. The fraction of sp³-hybridized carbons (Fsp3) is 0.250. The zero-order valence-corrected chi connectivity index (χ0v) is 20.4. The zero-order valence-electron chi connectivity index (χ0n) is 20.4. The third kappa shape index (κ3) is 5.83. The molecule has 3 aromatic carbocycles.